The van der Waals surface area contributed by atoms with Gasteiger partial charge in [0.2, 0.25) is 0 Å². The summed E-state index contributed by atoms with van der Waals surface area (Å²) in [5.41, 5.74) is 4.42. The third-order valence-electron chi connectivity index (χ3n) is 6.42. The molecular weight excluding hydrogens is 504 g/mol. The van der Waals surface area contributed by atoms with E-state index < -0.39 is 5.97 Å². The number of aromatic nitrogens is 2. The quantitative estimate of drug-likeness (QED) is 0.264. The van der Waals surface area contributed by atoms with E-state index in [1.54, 1.807) is 44.4 Å². The molecule has 1 N–H and O–H groups in total. The smallest absolute Gasteiger partial charge is 0.338 e. The molecule has 3 aromatic carbocycles. The van der Waals surface area contributed by atoms with Gasteiger partial charge in [-0.2, -0.15) is 0 Å². The lowest BCUT2D eigenvalue weighted by Crippen LogP contribution is -2.34. The van der Waals surface area contributed by atoms with Crippen LogP contribution in [0.2, 0.25) is 0 Å². The number of aryl methyl sites for hydroxylation is 1. The Hall–Kier alpha value is -4.72. The van der Waals surface area contributed by atoms with Crippen LogP contribution in [0, 0.1) is 12.8 Å². The van der Waals surface area contributed by atoms with E-state index in [1.165, 1.54) is 4.57 Å². The number of nitrogens with one attached hydrogen (secondary N) is 1. The van der Waals surface area contributed by atoms with Crippen molar-refractivity contribution in [3.05, 3.63) is 106 Å². The molecule has 206 valence electrons. The van der Waals surface area contributed by atoms with E-state index in [1.807, 2.05) is 60.4 Å². The minimum absolute atomic E-state index is 0.0726. The molecule has 0 spiro atoms. The van der Waals surface area contributed by atoms with Crippen LogP contribution in [0.15, 0.2) is 83.8 Å². The van der Waals surface area contributed by atoms with Crippen LogP contribution in [0.3, 0.4) is 0 Å². The molecule has 0 aliphatic heterocycles. The lowest BCUT2D eigenvalue weighted by atomic mass is 10.0. The van der Waals surface area contributed by atoms with Crippen molar-refractivity contribution in [2.24, 2.45) is 13.0 Å². The molecule has 1 aromatic heterocycles. The Bertz CT molecular complexity index is 1560. The van der Waals surface area contributed by atoms with E-state index in [9.17, 15) is 14.4 Å². The number of hydrogen-bond donors (Lipinski definition) is 1. The summed E-state index contributed by atoms with van der Waals surface area (Å²) in [7, 11) is 1.67. The maximum Gasteiger partial charge on any atom is 0.338 e. The standard InChI is InChI=1S/C32H34N4O4/c1-6-40-32(39)24-15-17-25(18-16-24)33-29-31(38)35(5)20-27(34-29)26-13-10-14-28(22(26)4)36(19-21(2)3)30(37)23-11-8-7-9-12-23/h7-18,20-21H,6,19H2,1-5H3,(H,33,34). The van der Waals surface area contributed by atoms with Gasteiger partial charge in [-0.05, 0) is 67.8 Å². The number of amides is 1. The number of carbonyl (C=O) groups is 2. The van der Waals surface area contributed by atoms with E-state index in [4.69, 9.17) is 4.74 Å². The number of esters is 1. The molecule has 0 saturated carbocycles. The van der Waals surface area contributed by atoms with Crippen LogP contribution in [0.4, 0.5) is 17.2 Å². The van der Waals surface area contributed by atoms with Crippen LogP contribution >= 0.6 is 0 Å². The van der Waals surface area contributed by atoms with Gasteiger partial charge in [-0.1, -0.05) is 44.2 Å². The van der Waals surface area contributed by atoms with Gasteiger partial charge in [-0.3, -0.25) is 9.59 Å². The Labute approximate surface area is 234 Å². The van der Waals surface area contributed by atoms with Gasteiger partial charge in [-0.25, -0.2) is 9.78 Å². The highest BCUT2D eigenvalue weighted by atomic mass is 16.5. The first-order valence-corrected chi connectivity index (χ1v) is 13.3. The zero-order valence-corrected chi connectivity index (χ0v) is 23.5. The molecule has 0 aliphatic rings. The second kappa shape index (κ2) is 12.4. The topological polar surface area (TPSA) is 93.5 Å². The first kappa shape index (κ1) is 28.3. The number of rotatable bonds is 9. The second-order valence-corrected chi connectivity index (χ2v) is 9.94. The summed E-state index contributed by atoms with van der Waals surface area (Å²) in [5.74, 6) is -0.0835. The number of hydrogen-bond acceptors (Lipinski definition) is 6. The van der Waals surface area contributed by atoms with E-state index in [2.05, 4.69) is 24.1 Å². The minimum atomic E-state index is -0.405. The molecule has 8 nitrogen and oxygen atoms in total. The zero-order valence-electron chi connectivity index (χ0n) is 23.5. The summed E-state index contributed by atoms with van der Waals surface area (Å²) < 4.78 is 6.51. The lowest BCUT2D eigenvalue weighted by Gasteiger charge is -2.27. The average Bonchev–Trinajstić information content (AvgIpc) is 2.95. The number of ether oxygens (including phenoxy) is 1. The van der Waals surface area contributed by atoms with Crippen molar-refractivity contribution in [1.82, 2.24) is 9.55 Å². The molecule has 4 aromatic rings. The van der Waals surface area contributed by atoms with Crippen LogP contribution in [-0.2, 0) is 11.8 Å². The second-order valence-electron chi connectivity index (χ2n) is 9.94. The largest absolute Gasteiger partial charge is 0.462 e. The molecule has 1 heterocycles. The normalized spacial score (nSPS) is 10.8. The van der Waals surface area contributed by atoms with Gasteiger partial charge in [0.1, 0.15) is 0 Å². The number of nitrogens with zero attached hydrogens (tertiary/aromatic N) is 3. The van der Waals surface area contributed by atoms with E-state index >= 15 is 0 Å². The fraction of sp³-hybridized carbons (Fsp3) is 0.250. The highest BCUT2D eigenvalue weighted by Crippen LogP contribution is 2.31. The summed E-state index contributed by atoms with van der Waals surface area (Å²) in [6.45, 7) is 8.72. The van der Waals surface area contributed by atoms with Gasteiger partial charge in [-0.15, -0.1) is 0 Å². The van der Waals surface area contributed by atoms with Crippen molar-refractivity contribution in [2.45, 2.75) is 27.7 Å². The van der Waals surface area contributed by atoms with Crippen molar-refractivity contribution in [3.8, 4) is 11.3 Å². The van der Waals surface area contributed by atoms with E-state index in [0.29, 0.717) is 35.7 Å². The predicted octanol–water partition coefficient (Wildman–Crippen LogP) is 5.98. The van der Waals surface area contributed by atoms with E-state index in [-0.39, 0.29) is 23.2 Å². The van der Waals surface area contributed by atoms with Gasteiger partial charge in [0.25, 0.3) is 11.5 Å². The molecule has 0 atom stereocenters. The van der Waals surface area contributed by atoms with Crippen molar-refractivity contribution in [3.63, 3.8) is 0 Å². The van der Waals surface area contributed by atoms with Crippen LogP contribution < -0.4 is 15.8 Å². The first-order chi connectivity index (χ1) is 19.2. The fourth-order valence-corrected chi connectivity index (χ4v) is 4.44. The number of anilines is 3. The molecule has 0 saturated heterocycles. The highest BCUT2D eigenvalue weighted by Gasteiger charge is 2.22. The molecule has 0 unspecified atom stereocenters. The fourth-order valence-electron chi connectivity index (χ4n) is 4.44. The van der Waals surface area contributed by atoms with Gasteiger partial charge in [0.05, 0.1) is 17.9 Å². The third-order valence-corrected chi connectivity index (χ3v) is 6.42. The Morgan fingerprint density at radius 3 is 2.33 bits per heavy atom. The average molecular weight is 539 g/mol. The maximum atomic E-state index is 13.6. The molecular formula is C32H34N4O4. The van der Waals surface area contributed by atoms with Crippen molar-refractivity contribution >= 4 is 29.1 Å². The van der Waals surface area contributed by atoms with Crippen molar-refractivity contribution < 1.29 is 14.3 Å². The molecule has 8 heteroatoms. The van der Waals surface area contributed by atoms with Gasteiger partial charge >= 0.3 is 5.97 Å². The van der Waals surface area contributed by atoms with Gasteiger partial charge in [0, 0.05) is 42.3 Å². The first-order valence-electron chi connectivity index (χ1n) is 13.3. The molecule has 0 aliphatic carbocycles. The predicted molar refractivity (Wildman–Crippen MR) is 158 cm³/mol. The molecule has 40 heavy (non-hydrogen) atoms. The van der Waals surface area contributed by atoms with Gasteiger partial charge in [0.15, 0.2) is 5.82 Å². The van der Waals surface area contributed by atoms with Crippen LogP contribution in [-0.4, -0.2) is 34.6 Å². The lowest BCUT2D eigenvalue weighted by molar-refractivity contribution is 0.0526. The Morgan fingerprint density at radius 1 is 0.975 bits per heavy atom. The van der Waals surface area contributed by atoms with Crippen LogP contribution in [0.1, 0.15) is 47.1 Å². The summed E-state index contributed by atoms with van der Waals surface area (Å²) >= 11 is 0. The third kappa shape index (κ3) is 6.29. The SMILES string of the molecule is CCOC(=O)c1ccc(Nc2nc(-c3cccc(N(CC(C)C)C(=O)c4ccccc4)c3C)cn(C)c2=O)cc1. The Kier molecular flexibility index (Phi) is 8.79. The monoisotopic (exact) mass is 538 g/mol. The summed E-state index contributed by atoms with van der Waals surface area (Å²) in [6.07, 6.45) is 1.69. The van der Waals surface area contributed by atoms with Crippen LogP contribution in [0.5, 0.6) is 0 Å². The molecule has 4 rings (SSSR count). The highest BCUT2D eigenvalue weighted by molar-refractivity contribution is 6.07. The van der Waals surface area contributed by atoms with Crippen LogP contribution in [0.25, 0.3) is 11.3 Å². The molecule has 0 fully saturated rings. The molecule has 0 bridgehead atoms. The molecule has 1 amide bonds. The number of carbonyl (C=O) groups excluding carboxylic acids is 2. The number of benzene rings is 3. The Morgan fingerprint density at radius 2 is 1.68 bits per heavy atom. The van der Waals surface area contributed by atoms with E-state index in [0.717, 1.165) is 16.8 Å². The maximum absolute atomic E-state index is 13.6. The van der Waals surface area contributed by atoms with Gasteiger partial charge < -0.3 is 19.5 Å². The zero-order chi connectivity index (χ0) is 28.8. The summed E-state index contributed by atoms with van der Waals surface area (Å²) in [5, 5.41) is 3.08. The van der Waals surface area contributed by atoms with Crippen molar-refractivity contribution in [2.75, 3.05) is 23.4 Å². The molecule has 0 radical (unpaired) electrons. The van der Waals surface area contributed by atoms with Crippen molar-refractivity contribution in [1.29, 1.82) is 0 Å². The summed E-state index contributed by atoms with van der Waals surface area (Å²) in [4.78, 5) is 45.0. The minimum Gasteiger partial charge on any atom is -0.462 e. The summed E-state index contributed by atoms with van der Waals surface area (Å²) in [6, 6.07) is 21.7. The Balaban J connectivity index is 1.71.